The Morgan fingerprint density at radius 3 is 2.38 bits per heavy atom. The molecule has 24 heavy (non-hydrogen) atoms. The molecule has 0 spiro atoms. The predicted molar refractivity (Wildman–Crippen MR) is 86.2 cm³/mol. The van der Waals surface area contributed by atoms with Gasteiger partial charge in [0, 0.05) is 0 Å². The average molecular weight is 324 g/mol. The van der Waals surface area contributed by atoms with Crippen molar-refractivity contribution < 1.29 is 13.9 Å². The van der Waals surface area contributed by atoms with Gasteiger partial charge in [0.15, 0.2) is 11.6 Å². The summed E-state index contributed by atoms with van der Waals surface area (Å²) in [6.07, 6.45) is 0.0912. The Morgan fingerprint density at radius 1 is 1.12 bits per heavy atom. The van der Waals surface area contributed by atoms with Gasteiger partial charge in [0.2, 0.25) is 5.82 Å². The Balaban J connectivity index is 2.31. The van der Waals surface area contributed by atoms with Crippen LogP contribution in [-0.2, 0) is 6.42 Å². The molecule has 1 aromatic carbocycles. The second-order valence-electron chi connectivity index (χ2n) is 5.03. The van der Waals surface area contributed by atoms with Gasteiger partial charge >= 0.3 is 0 Å². The molecule has 0 N–H and O–H groups in total. The van der Waals surface area contributed by atoms with Crippen LogP contribution in [0.2, 0.25) is 0 Å². The van der Waals surface area contributed by atoms with Crippen LogP contribution in [0.15, 0.2) is 34.7 Å². The first-order valence-corrected chi connectivity index (χ1v) is 7.29. The maximum absolute atomic E-state index is 9.11. The summed E-state index contributed by atoms with van der Waals surface area (Å²) in [5.41, 5.74) is 0.627. The SMILES string of the molecule is COc1cccc(OC)c1-n1c(CC#N)nnc1-c1ccc(C)o1. The molecule has 0 radical (unpaired) electrons. The lowest BCUT2D eigenvalue weighted by atomic mass is 10.2. The largest absolute Gasteiger partial charge is 0.494 e. The fourth-order valence-corrected chi connectivity index (χ4v) is 2.50. The summed E-state index contributed by atoms with van der Waals surface area (Å²) in [6, 6.07) is 11.2. The van der Waals surface area contributed by atoms with E-state index in [9.17, 15) is 0 Å². The number of aromatic nitrogens is 3. The standard InChI is InChI=1S/C17H16N4O3/c1-11-7-8-14(24-11)17-20-19-15(9-10-18)21(17)16-12(22-2)5-4-6-13(16)23-3/h4-8H,9H2,1-3H3. The molecule has 3 rings (SSSR count). The molecule has 0 aliphatic heterocycles. The lowest BCUT2D eigenvalue weighted by Crippen LogP contribution is -2.06. The summed E-state index contributed by atoms with van der Waals surface area (Å²) >= 11 is 0. The van der Waals surface area contributed by atoms with Crippen molar-refractivity contribution in [2.24, 2.45) is 0 Å². The van der Waals surface area contributed by atoms with E-state index in [1.807, 2.05) is 37.3 Å². The monoisotopic (exact) mass is 324 g/mol. The van der Waals surface area contributed by atoms with Crippen LogP contribution in [0.3, 0.4) is 0 Å². The molecule has 0 saturated heterocycles. The first-order valence-electron chi connectivity index (χ1n) is 7.29. The van der Waals surface area contributed by atoms with Crippen molar-refractivity contribution in [2.75, 3.05) is 14.2 Å². The topological polar surface area (TPSA) is 86.1 Å². The molecule has 0 aliphatic carbocycles. The molecule has 7 nitrogen and oxygen atoms in total. The fourth-order valence-electron chi connectivity index (χ4n) is 2.50. The van der Waals surface area contributed by atoms with Crippen molar-refractivity contribution in [2.45, 2.75) is 13.3 Å². The van der Waals surface area contributed by atoms with Crippen LogP contribution >= 0.6 is 0 Å². The third kappa shape index (κ3) is 2.58. The van der Waals surface area contributed by atoms with E-state index in [-0.39, 0.29) is 6.42 Å². The van der Waals surface area contributed by atoms with E-state index in [1.165, 1.54) is 0 Å². The Bertz CT molecular complexity index is 883. The van der Waals surface area contributed by atoms with Gasteiger partial charge in [-0.15, -0.1) is 10.2 Å². The van der Waals surface area contributed by atoms with Crippen LogP contribution in [0.5, 0.6) is 11.5 Å². The number of nitrogens with zero attached hydrogens (tertiary/aromatic N) is 4. The van der Waals surface area contributed by atoms with Crippen molar-refractivity contribution in [3.05, 3.63) is 41.9 Å². The van der Waals surface area contributed by atoms with Crippen LogP contribution in [0.4, 0.5) is 0 Å². The van der Waals surface area contributed by atoms with Crippen molar-refractivity contribution in [1.82, 2.24) is 14.8 Å². The molecule has 0 bridgehead atoms. The minimum Gasteiger partial charge on any atom is -0.494 e. The van der Waals surface area contributed by atoms with Crippen LogP contribution in [0.1, 0.15) is 11.6 Å². The fraction of sp³-hybridized carbons (Fsp3) is 0.235. The number of benzene rings is 1. The molecule has 0 atom stereocenters. The molecule has 0 aliphatic rings. The molecule has 0 saturated carbocycles. The van der Waals surface area contributed by atoms with Gasteiger partial charge in [-0.1, -0.05) is 6.07 Å². The minimum absolute atomic E-state index is 0.0912. The maximum atomic E-state index is 9.11. The van der Waals surface area contributed by atoms with Gasteiger partial charge < -0.3 is 13.9 Å². The van der Waals surface area contributed by atoms with Crippen LogP contribution < -0.4 is 9.47 Å². The average Bonchev–Trinajstić information content (AvgIpc) is 3.20. The summed E-state index contributed by atoms with van der Waals surface area (Å²) in [7, 11) is 3.15. The molecule has 0 fully saturated rings. The zero-order valence-electron chi connectivity index (χ0n) is 13.6. The van der Waals surface area contributed by atoms with Gasteiger partial charge in [-0.25, -0.2) is 0 Å². The molecule has 2 heterocycles. The summed E-state index contributed by atoms with van der Waals surface area (Å²) in [5.74, 6) is 3.43. The molecule has 0 amide bonds. The molecular weight excluding hydrogens is 308 g/mol. The zero-order chi connectivity index (χ0) is 17.1. The first kappa shape index (κ1) is 15.6. The lowest BCUT2D eigenvalue weighted by molar-refractivity contribution is 0.390. The van der Waals surface area contributed by atoms with Gasteiger partial charge in [-0.05, 0) is 31.2 Å². The zero-order valence-corrected chi connectivity index (χ0v) is 13.6. The highest BCUT2D eigenvalue weighted by Crippen LogP contribution is 2.36. The van der Waals surface area contributed by atoms with E-state index in [1.54, 1.807) is 18.8 Å². The van der Waals surface area contributed by atoms with Crippen molar-refractivity contribution >= 4 is 0 Å². The smallest absolute Gasteiger partial charge is 0.204 e. The van der Waals surface area contributed by atoms with E-state index in [2.05, 4.69) is 16.3 Å². The van der Waals surface area contributed by atoms with E-state index >= 15 is 0 Å². The lowest BCUT2D eigenvalue weighted by Gasteiger charge is -2.16. The van der Waals surface area contributed by atoms with E-state index in [0.29, 0.717) is 34.6 Å². The quantitative estimate of drug-likeness (QED) is 0.717. The first-order chi connectivity index (χ1) is 11.7. The molecular formula is C17H16N4O3. The van der Waals surface area contributed by atoms with Crippen LogP contribution in [-0.4, -0.2) is 29.0 Å². The van der Waals surface area contributed by atoms with Gasteiger partial charge in [0.1, 0.15) is 22.9 Å². The third-order valence-electron chi connectivity index (χ3n) is 3.55. The van der Waals surface area contributed by atoms with Gasteiger partial charge in [0.25, 0.3) is 0 Å². The van der Waals surface area contributed by atoms with Crippen LogP contribution in [0, 0.1) is 18.3 Å². The predicted octanol–water partition coefficient (Wildman–Crippen LogP) is 2.92. The highest BCUT2D eigenvalue weighted by molar-refractivity contribution is 5.63. The maximum Gasteiger partial charge on any atom is 0.204 e. The van der Waals surface area contributed by atoms with E-state index in [0.717, 1.165) is 5.76 Å². The number of nitriles is 1. The van der Waals surface area contributed by atoms with Crippen molar-refractivity contribution in [3.63, 3.8) is 0 Å². The highest BCUT2D eigenvalue weighted by Gasteiger charge is 2.23. The Labute approximate surface area is 139 Å². The summed E-state index contributed by atoms with van der Waals surface area (Å²) in [4.78, 5) is 0. The summed E-state index contributed by atoms with van der Waals surface area (Å²) < 4.78 is 18.4. The third-order valence-corrected chi connectivity index (χ3v) is 3.55. The Kier molecular flexibility index (Phi) is 4.20. The second-order valence-corrected chi connectivity index (χ2v) is 5.03. The van der Waals surface area contributed by atoms with E-state index < -0.39 is 0 Å². The number of ether oxygens (including phenoxy) is 2. The van der Waals surface area contributed by atoms with Crippen molar-refractivity contribution in [3.8, 4) is 34.8 Å². The van der Waals surface area contributed by atoms with Crippen LogP contribution in [0.25, 0.3) is 17.3 Å². The number of rotatable bonds is 5. The van der Waals surface area contributed by atoms with Gasteiger partial charge in [-0.3, -0.25) is 4.57 Å². The Hall–Kier alpha value is -3.27. The summed E-state index contributed by atoms with van der Waals surface area (Å²) in [6.45, 7) is 1.85. The second kappa shape index (κ2) is 6.46. The van der Waals surface area contributed by atoms with Crippen molar-refractivity contribution in [1.29, 1.82) is 5.26 Å². The number of aryl methyl sites for hydroxylation is 1. The van der Waals surface area contributed by atoms with Gasteiger partial charge in [0.05, 0.1) is 26.7 Å². The number of hydrogen-bond donors (Lipinski definition) is 0. The number of methoxy groups -OCH3 is 2. The van der Waals surface area contributed by atoms with Gasteiger partial charge in [-0.2, -0.15) is 5.26 Å². The number of para-hydroxylation sites is 1. The highest BCUT2D eigenvalue weighted by atomic mass is 16.5. The number of furan rings is 1. The molecule has 0 unspecified atom stereocenters. The normalized spacial score (nSPS) is 10.4. The molecule has 7 heteroatoms. The molecule has 3 aromatic rings. The molecule has 122 valence electrons. The van der Waals surface area contributed by atoms with E-state index in [4.69, 9.17) is 19.2 Å². The Morgan fingerprint density at radius 2 is 1.83 bits per heavy atom. The molecule has 2 aromatic heterocycles. The minimum atomic E-state index is 0.0912. The summed E-state index contributed by atoms with van der Waals surface area (Å²) in [5, 5.41) is 17.5. The number of hydrogen-bond acceptors (Lipinski definition) is 6.